The van der Waals surface area contributed by atoms with Crippen molar-refractivity contribution in [3.8, 4) is 11.5 Å². The maximum atomic E-state index is 13.1. The van der Waals surface area contributed by atoms with Crippen molar-refractivity contribution in [3.05, 3.63) is 95.6 Å². The average molecular weight is 329 g/mol. The Hall–Kier alpha value is -3.07. The molecule has 3 nitrogen and oxygen atoms in total. The zero-order valence-corrected chi connectivity index (χ0v) is 14.0. The van der Waals surface area contributed by atoms with Crippen molar-refractivity contribution in [2.45, 2.75) is 18.9 Å². The Balaban J connectivity index is 1.68. The van der Waals surface area contributed by atoms with E-state index in [0.717, 1.165) is 28.2 Å². The molecule has 124 valence electrons. The fraction of sp³-hybridized carbons (Fsp3) is 0.136. The number of para-hydroxylation sites is 2. The molecule has 0 aromatic heterocycles. The summed E-state index contributed by atoms with van der Waals surface area (Å²) in [5.41, 5.74) is 2.89. The van der Waals surface area contributed by atoms with Crippen molar-refractivity contribution in [3.63, 3.8) is 0 Å². The molecule has 1 aliphatic rings. The van der Waals surface area contributed by atoms with Gasteiger partial charge < -0.3 is 10.1 Å². The highest BCUT2D eigenvalue weighted by molar-refractivity contribution is 5.89. The molecule has 1 unspecified atom stereocenters. The molecule has 4 rings (SSSR count). The molecule has 3 heteroatoms. The SMILES string of the molecule is CC(NC(=O)C1c2ccccc2Oc2ccccc21)c1ccccc1. The Kier molecular flexibility index (Phi) is 3.98. The summed E-state index contributed by atoms with van der Waals surface area (Å²) >= 11 is 0. The minimum absolute atomic E-state index is 0.0143. The zero-order chi connectivity index (χ0) is 17.2. The number of amides is 1. The first kappa shape index (κ1) is 15.5. The fourth-order valence-electron chi connectivity index (χ4n) is 3.31. The highest BCUT2D eigenvalue weighted by Gasteiger charge is 2.32. The van der Waals surface area contributed by atoms with Gasteiger partial charge in [-0.2, -0.15) is 0 Å². The first-order valence-corrected chi connectivity index (χ1v) is 8.45. The first-order valence-electron chi connectivity index (χ1n) is 8.45. The number of nitrogens with one attached hydrogen (secondary N) is 1. The van der Waals surface area contributed by atoms with Crippen molar-refractivity contribution in [1.29, 1.82) is 0 Å². The fourth-order valence-corrected chi connectivity index (χ4v) is 3.31. The Morgan fingerprint density at radius 2 is 1.36 bits per heavy atom. The molecule has 1 heterocycles. The van der Waals surface area contributed by atoms with E-state index in [1.54, 1.807) is 0 Å². The van der Waals surface area contributed by atoms with Gasteiger partial charge in [0.1, 0.15) is 11.5 Å². The standard InChI is InChI=1S/C22H19NO2/c1-15(16-9-3-2-4-10-16)23-22(24)21-17-11-5-7-13-19(17)25-20-14-8-6-12-18(20)21/h2-15,21H,1H3,(H,23,24). The van der Waals surface area contributed by atoms with E-state index in [1.807, 2.05) is 85.8 Å². The molecule has 0 radical (unpaired) electrons. The molecule has 0 fully saturated rings. The lowest BCUT2D eigenvalue weighted by Gasteiger charge is -2.28. The number of hydrogen-bond acceptors (Lipinski definition) is 2. The lowest BCUT2D eigenvalue weighted by molar-refractivity contribution is -0.122. The van der Waals surface area contributed by atoms with Crippen LogP contribution in [0, 0.1) is 0 Å². The van der Waals surface area contributed by atoms with Crippen LogP contribution in [0.5, 0.6) is 11.5 Å². The van der Waals surface area contributed by atoms with E-state index in [2.05, 4.69) is 5.32 Å². The number of ether oxygens (including phenoxy) is 1. The van der Waals surface area contributed by atoms with Gasteiger partial charge in [-0.05, 0) is 24.6 Å². The van der Waals surface area contributed by atoms with Gasteiger partial charge in [0.2, 0.25) is 5.91 Å². The number of fused-ring (bicyclic) bond motifs is 2. The van der Waals surface area contributed by atoms with Crippen LogP contribution < -0.4 is 10.1 Å². The lowest BCUT2D eigenvalue weighted by Crippen LogP contribution is -2.33. The van der Waals surface area contributed by atoms with Crippen LogP contribution >= 0.6 is 0 Å². The number of carbonyl (C=O) groups excluding carboxylic acids is 1. The lowest BCUT2D eigenvalue weighted by atomic mass is 9.87. The molecule has 0 bridgehead atoms. The topological polar surface area (TPSA) is 38.3 Å². The summed E-state index contributed by atoms with van der Waals surface area (Å²) in [5, 5.41) is 3.15. The molecule has 3 aromatic carbocycles. The van der Waals surface area contributed by atoms with E-state index in [0.29, 0.717) is 0 Å². The molecule has 0 saturated carbocycles. The predicted molar refractivity (Wildman–Crippen MR) is 97.8 cm³/mol. The molecule has 3 aromatic rings. The minimum atomic E-state index is -0.368. The molecule has 25 heavy (non-hydrogen) atoms. The quantitative estimate of drug-likeness (QED) is 0.749. The Labute approximate surface area is 147 Å². The third kappa shape index (κ3) is 2.89. The minimum Gasteiger partial charge on any atom is -0.457 e. The maximum absolute atomic E-state index is 13.1. The number of rotatable bonds is 3. The highest BCUT2D eigenvalue weighted by Crippen LogP contribution is 2.44. The molecule has 0 spiro atoms. The monoisotopic (exact) mass is 329 g/mol. The zero-order valence-electron chi connectivity index (χ0n) is 14.0. The van der Waals surface area contributed by atoms with Gasteiger partial charge in [0.15, 0.2) is 0 Å². The average Bonchev–Trinajstić information content (AvgIpc) is 2.66. The van der Waals surface area contributed by atoms with Crippen LogP contribution in [0.1, 0.15) is 35.6 Å². The van der Waals surface area contributed by atoms with Crippen LogP contribution in [0.3, 0.4) is 0 Å². The van der Waals surface area contributed by atoms with Gasteiger partial charge in [0.25, 0.3) is 0 Å². The van der Waals surface area contributed by atoms with Crippen molar-refractivity contribution in [2.75, 3.05) is 0 Å². The van der Waals surface area contributed by atoms with Crippen LogP contribution in [0.4, 0.5) is 0 Å². The van der Waals surface area contributed by atoms with Crippen molar-refractivity contribution >= 4 is 5.91 Å². The van der Waals surface area contributed by atoms with Gasteiger partial charge in [-0.1, -0.05) is 66.7 Å². The van der Waals surface area contributed by atoms with E-state index in [-0.39, 0.29) is 17.9 Å². The van der Waals surface area contributed by atoms with Gasteiger partial charge in [-0.15, -0.1) is 0 Å². The summed E-state index contributed by atoms with van der Waals surface area (Å²) in [6.07, 6.45) is 0. The first-order chi connectivity index (χ1) is 12.2. The largest absolute Gasteiger partial charge is 0.457 e. The van der Waals surface area contributed by atoms with Crippen LogP contribution in [-0.4, -0.2) is 5.91 Å². The van der Waals surface area contributed by atoms with Crippen LogP contribution in [0.15, 0.2) is 78.9 Å². The molecule has 0 saturated heterocycles. The van der Waals surface area contributed by atoms with E-state index < -0.39 is 0 Å². The predicted octanol–water partition coefficient (Wildman–Crippen LogP) is 4.80. The van der Waals surface area contributed by atoms with E-state index in [1.165, 1.54) is 0 Å². The van der Waals surface area contributed by atoms with Crippen LogP contribution in [0.25, 0.3) is 0 Å². The number of benzene rings is 3. The maximum Gasteiger partial charge on any atom is 0.232 e. The molecule has 1 atom stereocenters. The van der Waals surface area contributed by atoms with Gasteiger partial charge >= 0.3 is 0 Å². The summed E-state index contributed by atoms with van der Waals surface area (Å²) < 4.78 is 5.97. The molecule has 1 N–H and O–H groups in total. The normalized spacial score (nSPS) is 14.0. The van der Waals surface area contributed by atoms with E-state index in [9.17, 15) is 4.79 Å². The van der Waals surface area contributed by atoms with Crippen LogP contribution in [-0.2, 0) is 4.79 Å². The van der Waals surface area contributed by atoms with Gasteiger partial charge in [-0.25, -0.2) is 0 Å². The van der Waals surface area contributed by atoms with Crippen molar-refractivity contribution in [1.82, 2.24) is 5.32 Å². The van der Waals surface area contributed by atoms with Gasteiger partial charge in [-0.3, -0.25) is 4.79 Å². The van der Waals surface area contributed by atoms with Crippen LogP contribution in [0.2, 0.25) is 0 Å². The van der Waals surface area contributed by atoms with E-state index >= 15 is 0 Å². The van der Waals surface area contributed by atoms with Crippen molar-refractivity contribution in [2.24, 2.45) is 0 Å². The third-order valence-corrected chi connectivity index (χ3v) is 4.60. The summed E-state index contributed by atoms with van der Waals surface area (Å²) in [6.45, 7) is 2.00. The van der Waals surface area contributed by atoms with E-state index in [4.69, 9.17) is 4.74 Å². The molecule has 1 aliphatic heterocycles. The second-order valence-electron chi connectivity index (χ2n) is 6.25. The highest BCUT2D eigenvalue weighted by atomic mass is 16.5. The van der Waals surface area contributed by atoms with Gasteiger partial charge in [0, 0.05) is 11.1 Å². The summed E-state index contributed by atoms with van der Waals surface area (Å²) in [5.74, 6) is 1.11. The molecular formula is C22H19NO2. The summed E-state index contributed by atoms with van der Waals surface area (Å²) in [6, 6.07) is 25.4. The molecule has 1 amide bonds. The smallest absolute Gasteiger partial charge is 0.232 e. The Morgan fingerprint density at radius 3 is 1.96 bits per heavy atom. The van der Waals surface area contributed by atoms with Gasteiger partial charge in [0.05, 0.1) is 12.0 Å². The summed E-state index contributed by atoms with van der Waals surface area (Å²) in [4.78, 5) is 13.1. The second kappa shape index (κ2) is 6.44. The number of hydrogen-bond donors (Lipinski definition) is 1. The second-order valence-corrected chi connectivity index (χ2v) is 6.25. The Bertz CT molecular complexity index is 859. The molecular weight excluding hydrogens is 310 g/mol. The number of carbonyl (C=O) groups is 1. The third-order valence-electron chi connectivity index (χ3n) is 4.60. The van der Waals surface area contributed by atoms with Crippen molar-refractivity contribution < 1.29 is 9.53 Å². The molecule has 0 aliphatic carbocycles. The Morgan fingerprint density at radius 1 is 0.840 bits per heavy atom. The summed E-state index contributed by atoms with van der Waals surface area (Å²) in [7, 11) is 0.